The first-order valence-electron chi connectivity index (χ1n) is 6.01. The molecule has 0 aliphatic carbocycles. The van der Waals surface area contributed by atoms with Crippen molar-refractivity contribution >= 4 is 21.8 Å². The van der Waals surface area contributed by atoms with Gasteiger partial charge in [0.05, 0.1) is 5.69 Å². The van der Waals surface area contributed by atoms with Crippen molar-refractivity contribution in [1.29, 1.82) is 0 Å². The number of alkyl halides is 1. The van der Waals surface area contributed by atoms with Gasteiger partial charge in [-0.25, -0.2) is 4.98 Å². The van der Waals surface area contributed by atoms with Crippen LogP contribution in [0.3, 0.4) is 0 Å². The standard InChI is InChI=1S/C12H17BrN2O2/c1-9-11(17-8-14-9)12(16)15-7-3-5-10(15)4-2-6-13/h8,10H,2-7H2,1H3. The molecule has 1 aliphatic rings. The Morgan fingerprint density at radius 1 is 1.71 bits per heavy atom. The van der Waals surface area contributed by atoms with E-state index in [1.54, 1.807) is 6.92 Å². The number of amides is 1. The van der Waals surface area contributed by atoms with Crippen molar-refractivity contribution in [3.05, 3.63) is 17.8 Å². The highest BCUT2D eigenvalue weighted by atomic mass is 79.9. The molecular formula is C12H17BrN2O2. The van der Waals surface area contributed by atoms with Crippen molar-refractivity contribution in [2.75, 3.05) is 11.9 Å². The maximum Gasteiger partial charge on any atom is 0.291 e. The molecule has 2 heterocycles. The molecule has 1 unspecified atom stereocenters. The van der Waals surface area contributed by atoms with E-state index in [4.69, 9.17) is 4.42 Å². The largest absolute Gasteiger partial charge is 0.438 e. The number of halogens is 1. The van der Waals surface area contributed by atoms with Gasteiger partial charge in [0.15, 0.2) is 6.39 Å². The fourth-order valence-corrected chi connectivity index (χ4v) is 2.68. The van der Waals surface area contributed by atoms with Crippen molar-refractivity contribution in [1.82, 2.24) is 9.88 Å². The van der Waals surface area contributed by atoms with Crippen LogP contribution >= 0.6 is 15.9 Å². The fourth-order valence-electron chi connectivity index (χ4n) is 2.35. The average Bonchev–Trinajstić information content (AvgIpc) is 2.94. The Bertz CT molecular complexity index is 392. The summed E-state index contributed by atoms with van der Waals surface area (Å²) >= 11 is 3.43. The van der Waals surface area contributed by atoms with E-state index in [2.05, 4.69) is 20.9 Å². The average molecular weight is 301 g/mol. The molecule has 1 saturated heterocycles. The normalized spacial score (nSPS) is 19.9. The molecule has 1 aromatic rings. The SMILES string of the molecule is Cc1ncoc1C(=O)N1CCCC1CCCBr. The molecule has 0 spiro atoms. The number of hydrogen-bond acceptors (Lipinski definition) is 3. The van der Waals surface area contributed by atoms with Crippen LogP contribution in [0.4, 0.5) is 0 Å². The van der Waals surface area contributed by atoms with Crippen LogP contribution in [0, 0.1) is 6.92 Å². The van der Waals surface area contributed by atoms with Gasteiger partial charge < -0.3 is 9.32 Å². The van der Waals surface area contributed by atoms with Crippen molar-refractivity contribution < 1.29 is 9.21 Å². The monoisotopic (exact) mass is 300 g/mol. The molecule has 17 heavy (non-hydrogen) atoms. The van der Waals surface area contributed by atoms with Crippen LogP contribution in [-0.4, -0.2) is 33.7 Å². The summed E-state index contributed by atoms with van der Waals surface area (Å²) in [4.78, 5) is 18.2. The molecule has 0 N–H and O–H groups in total. The third-order valence-electron chi connectivity index (χ3n) is 3.25. The topological polar surface area (TPSA) is 46.3 Å². The van der Waals surface area contributed by atoms with Crippen LogP contribution in [0.2, 0.25) is 0 Å². The molecule has 1 aromatic heterocycles. The second-order valence-corrected chi connectivity index (χ2v) is 5.19. The van der Waals surface area contributed by atoms with Gasteiger partial charge in [-0.05, 0) is 32.6 Å². The molecule has 1 fully saturated rings. The van der Waals surface area contributed by atoms with Gasteiger partial charge in [-0.3, -0.25) is 4.79 Å². The van der Waals surface area contributed by atoms with Gasteiger partial charge >= 0.3 is 0 Å². The third-order valence-corrected chi connectivity index (χ3v) is 3.81. The maximum atomic E-state index is 12.3. The highest BCUT2D eigenvalue weighted by Gasteiger charge is 2.31. The zero-order valence-corrected chi connectivity index (χ0v) is 11.6. The number of rotatable bonds is 4. The lowest BCUT2D eigenvalue weighted by atomic mass is 10.1. The molecule has 0 bridgehead atoms. The van der Waals surface area contributed by atoms with E-state index in [0.29, 0.717) is 17.5 Å². The van der Waals surface area contributed by atoms with Crippen molar-refractivity contribution in [2.24, 2.45) is 0 Å². The Hall–Kier alpha value is -0.840. The number of likely N-dealkylation sites (tertiary alicyclic amines) is 1. The van der Waals surface area contributed by atoms with Gasteiger partial charge in [0, 0.05) is 17.9 Å². The van der Waals surface area contributed by atoms with Gasteiger partial charge in [-0.2, -0.15) is 0 Å². The maximum absolute atomic E-state index is 12.3. The molecule has 4 nitrogen and oxygen atoms in total. The van der Waals surface area contributed by atoms with Crippen LogP contribution < -0.4 is 0 Å². The smallest absolute Gasteiger partial charge is 0.291 e. The number of hydrogen-bond donors (Lipinski definition) is 0. The molecule has 1 amide bonds. The first kappa shape index (κ1) is 12.6. The Labute approximate surface area is 110 Å². The summed E-state index contributed by atoms with van der Waals surface area (Å²) in [6.45, 7) is 2.65. The first-order valence-corrected chi connectivity index (χ1v) is 7.13. The molecule has 0 saturated carbocycles. The lowest BCUT2D eigenvalue weighted by molar-refractivity contribution is 0.0697. The Morgan fingerprint density at radius 2 is 2.53 bits per heavy atom. The van der Waals surface area contributed by atoms with E-state index >= 15 is 0 Å². The zero-order valence-electron chi connectivity index (χ0n) is 9.99. The predicted molar refractivity (Wildman–Crippen MR) is 68.3 cm³/mol. The van der Waals surface area contributed by atoms with Gasteiger partial charge in [0.25, 0.3) is 5.91 Å². The summed E-state index contributed by atoms with van der Waals surface area (Å²) in [5.74, 6) is 0.396. The third kappa shape index (κ3) is 2.70. The summed E-state index contributed by atoms with van der Waals surface area (Å²) in [6.07, 6.45) is 5.69. The highest BCUT2D eigenvalue weighted by Crippen LogP contribution is 2.24. The van der Waals surface area contributed by atoms with E-state index in [-0.39, 0.29) is 5.91 Å². The summed E-state index contributed by atoms with van der Waals surface area (Å²) in [5.41, 5.74) is 0.682. The van der Waals surface area contributed by atoms with Crippen molar-refractivity contribution in [3.8, 4) is 0 Å². The minimum atomic E-state index is -0.00271. The minimum Gasteiger partial charge on any atom is -0.438 e. The van der Waals surface area contributed by atoms with Crippen molar-refractivity contribution in [3.63, 3.8) is 0 Å². The molecule has 5 heteroatoms. The van der Waals surface area contributed by atoms with Gasteiger partial charge in [-0.15, -0.1) is 0 Å². The molecule has 0 aromatic carbocycles. The molecule has 1 atom stereocenters. The second-order valence-electron chi connectivity index (χ2n) is 4.39. The Morgan fingerprint density at radius 3 is 3.18 bits per heavy atom. The molecular weight excluding hydrogens is 284 g/mol. The van der Waals surface area contributed by atoms with E-state index in [1.165, 1.54) is 6.39 Å². The van der Waals surface area contributed by atoms with Crippen LogP contribution in [0.25, 0.3) is 0 Å². The predicted octanol–water partition coefficient (Wildman–Crippen LogP) is 2.76. The number of aryl methyl sites for hydroxylation is 1. The van der Waals surface area contributed by atoms with E-state index in [9.17, 15) is 4.79 Å². The summed E-state index contributed by atoms with van der Waals surface area (Å²) in [7, 11) is 0. The van der Waals surface area contributed by atoms with Gasteiger partial charge in [0.1, 0.15) is 0 Å². The Kier molecular flexibility index (Phi) is 4.20. The quantitative estimate of drug-likeness (QED) is 0.803. The summed E-state index contributed by atoms with van der Waals surface area (Å²) in [5, 5.41) is 0.993. The second kappa shape index (κ2) is 5.67. The number of aromatic nitrogens is 1. The minimum absolute atomic E-state index is 0.00271. The molecule has 2 rings (SSSR count). The van der Waals surface area contributed by atoms with E-state index < -0.39 is 0 Å². The van der Waals surface area contributed by atoms with E-state index in [0.717, 1.165) is 37.6 Å². The van der Waals surface area contributed by atoms with Crippen LogP contribution in [-0.2, 0) is 0 Å². The van der Waals surface area contributed by atoms with Crippen LogP contribution in [0.1, 0.15) is 41.9 Å². The fraction of sp³-hybridized carbons (Fsp3) is 0.667. The number of carbonyl (C=O) groups excluding carboxylic acids is 1. The lowest BCUT2D eigenvalue weighted by Gasteiger charge is -2.23. The van der Waals surface area contributed by atoms with Gasteiger partial charge in [0.2, 0.25) is 5.76 Å². The zero-order chi connectivity index (χ0) is 12.3. The molecule has 0 radical (unpaired) electrons. The van der Waals surface area contributed by atoms with Crippen molar-refractivity contribution in [2.45, 2.75) is 38.6 Å². The van der Waals surface area contributed by atoms with Crippen LogP contribution in [0.5, 0.6) is 0 Å². The summed E-state index contributed by atoms with van der Waals surface area (Å²) in [6, 6.07) is 0.365. The summed E-state index contributed by atoms with van der Waals surface area (Å²) < 4.78 is 5.18. The van der Waals surface area contributed by atoms with Gasteiger partial charge in [-0.1, -0.05) is 15.9 Å². The van der Waals surface area contributed by atoms with E-state index in [1.807, 2.05) is 4.90 Å². The molecule has 1 aliphatic heterocycles. The number of oxazole rings is 1. The lowest BCUT2D eigenvalue weighted by Crippen LogP contribution is -2.35. The Balaban J connectivity index is 2.06. The number of carbonyl (C=O) groups is 1. The van der Waals surface area contributed by atoms with Crippen LogP contribution in [0.15, 0.2) is 10.8 Å². The first-order chi connectivity index (χ1) is 8.24. The molecule has 94 valence electrons. The highest BCUT2D eigenvalue weighted by molar-refractivity contribution is 9.09. The number of nitrogens with zero attached hydrogens (tertiary/aromatic N) is 2.